The number of anilines is 2. The smallest absolute Gasteiger partial charge is 0.216 e. The first-order valence-electron chi connectivity index (χ1n) is 6.99. The van der Waals surface area contributed by atoms with Crippen LogP contribution in [0.2, 0.25) is 0 Å². The first-order chi connectivity index (χ1) is 10.8. The molecule has 0 saturated heterocycles. The van der Waals surface area contributed by atoms with Crippen molar-refractivity contribution in [2.75, 3.05) is 5.32 Å². The maximum absolute atomic E-state index is 4.63. The number of rotatable bonds is 3. The molecule has 22 heavy (non-hydrogen) atoms. The number of nitrogens with one attached hydrogen (secondary N) is 2. The Morgan fingerprint density at radius 1 is 1.05 bits per heavy atom. The third kappa shape index (κ3) is 2.20. The van der Waals surface area contributed by atoms with Gasteiger partial charge in [0, 0.05) is 23.5 Å². The largest absolute Gasteiger partial charge is 0.308 e. The number of nitrogens with zero attached hydrogens (tertiary/aromatic N) is 4. The van der Waals surface area contributed by atoms with Crippen molar-refractivity contribution in [2.24, 2.45) is 0 Å². The molecular weight excluding hydrogens is 276 g/mol. The molecule has 0 unspecified atom stereocenters. The lowest BCUT2D eigenvalue weighted by Gasteiger charge is -2.08. The van der Waals surface area contributed by atoms with Crippen LogP contribution in [-0.2, 0) is 0 Å². The summed E-state index contributed by atoms with van der Waals surface area (Å²) < 4.78 is 1.90. The second-order valence-corrected chi connectivity index (χ2v) is 5.03. The van der Waals surface area contributed by atoms with Gasteiger partial charge in [0.05, 0.1) is 0 Å². The molecule has 0 fully saturated rings. The summed E-state index contributed by atoms with van der Waals surface area (Å²) in [6.45, 7) is 1.96. The van der Waals surface area contributed by atoms with Crippen molar-refractivity contribution < 1.29 is 0 Å². The first-order valence-corrected chi connectivity index (χ1v) is 6.99. The van der Waals surface area contributed by atoms with Gasteiger partial charge in [-0.3, -0.25) is 9.50 Å². The molecule has 2 N–H and O–H groups in total. The molecule has 6 heteroatoms. The molecule has 0 aliphatic heterocycles. The van der Waals surface area contributed by atoms with Crippen LogP contribution in [0.15, 0.2) is 54.7 Å². The summed E-state index contributed by atoms with van der Waals surface area (Å²) in [5.41, 5.74) is 2.81. The quantitative estimate of drug-likeness (QED) is 0.608. The molecule has 3 aromatic heterocycles. The molecule has 0 spiro atoms. The number of hydrogen-bond donors (Lipinski definition) is 2. The van der Waals surface area contributed by atoms with Crippen molar-refractivity contribution in [1.29, 1.82) is 0 Å². The Morgan fingerprint density at radius 2 is 1.91 bits per heavy atom. The summed E-state index contributed by atoms with van der Waals surface area (Å²) in [6.07, 6.45) is 1.92. The van der Waals surface area contributed by atoms with Crippen LogP contribution in [0, 0.1) is 6.92 Å². The van der Waals surface area contributed by atoms with Gasteiger partial charge in [-0.2, -0.15) is 10.1 Å². The second kappa shape index (κ2) is 5.00. The summed E-state index contributed by atoms with van der Waals surface area (Å²) in [4.78, 5) is 9.23. The van der Waals surface area contributed by atoms with Crippen LogP contribution in [-0.4, -0.2) is 24.6 Å². The molecule has 4 aromatic rings. The molecule has 0 aliphatic carbocycles. The van der Waals surface area contributed by atoms with E-state index in [1.54, 1.807) is 0 Å². The summed E-state index contributed by atoms with van der Waals surface area (Å²) in [5.74, 6) is 2.09. The minimum Gasteiger partial charge on any atom is -0.308 e. The van der Waals surface area contributed by atoms with E-state index < -0.39 is 0 Å². The fourth-order valence-electron chi connectivity index (χ4n) is 2.33. The topological polar surface area (TPSA) is 70.9 Å². The lowest BCUT2D eigenvalue weighted by molar-refractivity contribution is 1.02. The van der Waals surface area contributed by atoms with Crippen LogP contribution in [0.25, 0.3) is 17.0 Å². The van der Waals surface area contributed by atoms with E-state index in [2.05, 4.69) is 25.5 Å². The zero-order valence-electron chi connectivity index (χ0n) is 12.0. The van der Waals surface area contributed by atoms with Gasteiger partial charge in [0.2, 0.25) is 5.95 Å². The van der Waals surface area contributed by atoms with Crippen molar-refractivity contribution in [3.8, 4) is 11.4 Å². The molecule has 0 aliphatic rings. The number of aromatic nitrogens is 5. The molecule has 6 nitrogen and oxygen atoms in total. The predicted molar refractivity (Wildman–Crippen MR) is 85.0 cm³/mol. The van der Waals surface area contributed by atoms with Crippen molar-refractivity contribution in [3.05, 3.63) is 60.4 Å². The lowest BCUT2D eigenvalue weighted by Crippen LogP contribution is -2.04. The zero-order valence-corrected chi connectivity index (χ0v) is 12.0. The van der Waals surface area contributed by atoms with E-state index in [-0.39, 0.29) is 0 Å². The van der Waals surface area contributed by atoms with E-state index in [1.165, 1.54) is 0 Å². The van der Waals surface area contributed by atoms with Gasteiger partial charge in [0.1, 0.15) is 5.65 Å². The average Bonchev–Trinajstić information content (AvgIpc) is 3.17. The molecule has 0 radical (unpaired) electrons. The van der Waals surface area contributed by atoms with Gasteiger partial charge in [-0.1, -0.05) is 30.3 Å². The van der Waals surface area contributed by atoms with Crippen LogP contribution < -0.4 is 5.32 Å². The van der Waals surface area contributed by atoms with E-state index in [1.807, 2.05) is 66.1 Å². The van der Waals surface area contributed by atoms with Gasteiger partial charge >= 0.3 is 0 Å². The molecule has 108 valence electrons. The highest BCUT2D eigenvalue weighted by atomic mass is 15.3. The second-order valence-electron chi connectivity index (χ2n) is 5.03. The average molecular weight is 290 g/mol. The Balaban J connectivity index is 1.84. The molecule has 1 aromatic carbocycles. The fourth-order valence-corrected chi connectivity index (χ4v) is 2.33. The summed E-state index contributed by atoms with van der Waals surface area (Å²) in [7, 11) is 0. The SMILES string of the molecule is Cc1cc(Nc2nc(-c3ccccc3)nc3cccn23)n[nH]1. The maximum Gasteiger partial charge on any atom is 0.216 e. The number of H-pyrrole nitrogens is 1. The molecule has 4 rings (SSSR count). The van der Waals surface area contributed by atoms with Crippen LogP contribution in [0.3, 0.4) is 0 Å². The van der Waals surface area contributed by atoms with Gasteiger partial charge in [-0.05, 0) is 19.1 Å². The highest BCUT2D eigenvalue weighted by Crippen LogP contribution is 2.21. The lowest BCUT2D eigenvalue weighted by atomic mass is 10.2. The van der Waals surface area contributed by atoms with Crippen molar-refractivity contribution >= 4 is 17.4 Å². The van der Waals surface area contributed by atoms with Crippen LogP contribution in [0.5, 0.6) is 0 Å². The maximum atomic E-state index is 4.63. The normalized spacial score (nSPS) is 11.0. The van der Waals surface area contributed by atoms with E-state index in [9.17, 15) is 0 Å². The van der Waals surface area contributed by atoms with Crippen molar-refractivity contribution in [2.45, 2.75) is 6.92 Å². The van der Waals surface area contributed by atoms with Gasteiger partial charge in [-0.15, -0.1) is 0 Å². The monoisotopic (exact) mass is 290 g/mol. The third-order valence-corrected chi connectivity index (χ3v) is 3.37. The summed E-state index contributed by atoms with van der Waals surface area (Å²) in [6, 6.07) is 15.8. The molecule has 0 bridgehead atoms. The van der Waals surface area contributed by atoms with Gasteiger partial charge < -0.3 is 5.32 Å². The first kappa shape index (κ1) is 12.6. The van der Waals surface area contributed by atoms with Crippen LogP contribution in [0.4, 0.5) is 11.8 Å². The van der Waals surface area contributed by atoms with E-state index >= 15 is 0 Å². The van der Waals surface area contributed by atoms with Crippen LogP contribution in [0.1, 0.15) is 5.69 Å². The van der Waals surface area contributed by atoms with E-state index in [0.717, 1.165) is 22.7 Å². The Hall–Kier alpha value is -3.15. The third-order valence-electron chi connectivity index (χ3n) is 3.37. The minimum absolute atomic E-state index is 0.681. The van der Waals surface area contributed by atoms with Crippen molar-refractivity contribution in [1.82, 2.24) is 24.6 Å². The number of benzene rings is 1. The van der Waals surface area contributed by atoms with Crippen LogP contribution >= 0.6 is 0 Å². The Labute approximate surface area is 126 Å². The Bertz CT molecular complexity index is 922. The zero-order chi connectivity index (χ0) is 14.9. The minimum atomic E-state index is 0.681. The van der Waals surface area contributed by atoms with E-state index in [4.69, 9.17) is 0 Å². The highest BCUT2D eigenvalue weighted by molar-refractivity contribution is 5.62. The highest BCUT2D eigenvalue weighted by Gasteiger charge is 2.10. The van der Waals surface area contributed by atoms with Gasteiger partial charge in [-0.25, -0.2) is 4.98 Å². The number of aromatic amines is 1. The number of fused-ring (bicyclic) bond motifs is 1. The molecular formula is C16H14N6. The Kier molecular flexibility index (Phi) is 2.86. The molecule has 0 amide bonds. The van der Waals surface area contributed by atoms with Crippen molar-refractivity contribution in [3.63, 3.8) is 0 Å². The summed E-state index contributed by atoms with van der Waals surface area (Å²) in [5, 5.41) is 10.3. The summed E-state index contributed by atoms with van der Waals surface area (Å²) >= 11 is 0. The number of aryl methyl sites for hydroxylation is 1. The number of hydrogen-bond acceptors (Lipinski definition) is 4. The predicted octanol–water partition coefficient (Wildman–Crippen LogP) is 3.17. The van der Waals surface area contributed by atoms with E-state index in [0.29, 0.717) is 11.8 Å². The van der Waals surface area contributed by atoms with Gasteiger partial charge in [0.15, 0.2) is 11.6 Å². The molecule has 0 atom stereocenters. The fraction of sp³-hybridized carbons (Fsp3) is 0.0625. The molecule has 3 heterocycles. The van der Waals surface area contributed by atoms with Gasteiger partial charge in [0.25, 0.3) is 0 Å². The Morgan fingerprint density at radius 3 is 2.68 bits per heavy atom. The standard InChI is InChI=1S/C16H14N6/c1-11-10-13(21-20-11)17-16-19-15(12-6-3-2-4-7-12)18-14-8-5-9-22(14)16/h2-10H,1H3,(H2,17,18,19,20,21). The molecule has 0 saturated carbocycles.